The van der Waals surface area contributed by atoms with Gasteiger partial charge in [0.25, 0.3) is 5.91 Å². The number of benzene rings is 1. The summed E-state index contributed by atoms with van der Waals surface area (Å²) in [5, 5.41) is 2.95. The summed E-state index contributed by atoms with van der Waals surface area (Å²) < 4.78 is 5.33. The Kier molecular flexibility index (Phi) is 7.96. The van der Waals surface area contributed by atoms with Crippen molar-refractivity contribution in [3.63, 3.8) is 0 Å². The molecule has 2 aromatic rings. The number of rotatable bonds is 9. The van der Waals surface area contributed by atoms with Gasteiger partial charge in [0.1, 0.15) is 0 Å². The number of carbonyl (C=O) groups is 2. The van der Waals surface area contributed by atoms with Gasteiger partial charge in [0.2, 0.25) is 5.91 Å². The average molecular weight is 434 g/mol. The number of amides is 2. The standard InChI is InChI=1S/C23H32ClN3O3/c1-16(2)13-27(21(28)20-8-7-11-30-20)14-17-12-18(9-10-19(17)26(5)6)25-22(29)23(3,4)15-24/h7-12,16H,13-15H2,1-6H3,(H,25,29). The number of hydrogen-bond donors (Lipinski definition) is 1. The molecule has 0 spiro atoms. The number of nitrogens with one attached hydrogen (secondary N) is 1. The van der Waals surface area contributed by atoms with Gasteiger partial charge in [-0.15, -0.1) is 11.6 Å². The second kappa shape index (κ2) is 10.0. The predicted octanol–water partition coefficient (Wildman–Crippen LogP) is 4.85. The zero-order valence-electron chi connectivity index (χ0n) is 18.7. The van der Waals surface area contributed by atoms with Crippen LogP contribution in [-0.4, -0.2) is 43.2 Å². The van der Waals surface area contributed by atoms with E-state index in [1.165, 1.54) is 6.26 Å². The Morgan fingerprint density at radius 1 is 1.20 bits per heavy atom. The van der Waals surface area contributed by atoms with Crippen LogP contribution in [0.3, 0.4) is 0 Å². The van der Waals surface area contributed by atoms with Crippen LogP contribution in [0.15, 0.2) is 41.0 Å². The normalized spacial score (nSPS) is 11.5. The second-order valence-electron chi connectivity index (χ2n) is 8.77. The molecule has 2 amide bonds. The second-order valence-corrected chi connectivity index (χ2v) is 9.03. The zero-order chi connectivity index (χ0) is 22.5. The molecule has 0 fully saturated rings. The predicted molar refractivity (Wildman–Crippen MR) is 122 cm³/mol. The van der Waals surface area contributed by atoms with Gasteiger partial charge in [0, 0.05) is 44.4 Å². The Labute approximate surface area is 184 Å². The van der Waals surface area contributed by atoms with E-state index in [2.05, 4.69) is 19.2 Å². The Morgan fingerprint density at radius 2 is 1.90 bits per heavy atom. The molecular formula is C23H32ClN3O3. The molecule has 0 bridgehead atoms. The monoisotopic (exact) mass is 433 g/mol. The van der Waals surface area contributed by atoms with Gasteiger partial charge >= 0.3 is 0 Å². The molecule has 2 rings (SSSR count). The molecule has 1 aromatic carbocycles. The lowest BCUT2D eigenvalue weighted by Crippen LogP contribution is -2.34. The van der Waals surface area contributed by atoms with E-state index < -0.39 is 5.41 Å². The Morgan fingerprint density at radius 3 is 2.43 bits per heavy atom. The SMILES string of the molecule is CC(C)CN(Cc1cc(NC(=O)C(C)(C)CCl)ccc1N(C)C)C(=O)c1ccco1. The lowest BCUT2D eigenvalue weighted by Gasteiger charge is -2.27. The van der Waals surface area contributed by atoms with Crippen LogP contribution in [0.5, 0.6) is 0 Å². The van der Waals surface area contributed by atoms with E-state index in [0.29, 0.717) is 30.5 Å². The van der Waals surface area contributed by atoms with Crippen molar-refractivity contribution >= 4 is 34.8 Å². The Balaban J connectivity index is 2.35. The van der Waals surface area contributed by atoms with Gasteiger partial charge in [-0.25, -0.2) is 0 Å². The van der Waals surface area contributed by atoms with E-state index in [1.807, 2.05) is 37.2 Å². The first-order chi connectivity index (χ1) is 14.0. The van der Waals surface area contributed by atoms with Crippen molar-refractivity contribution in [3.8, 4) is 0 Å². The Bertz CT molecular complexity index is 861. The third-order valence-electron chi connectivity index (χ3n) is 4.73. The van der Waals surface area contributed by atoms with Gasteiger partial charge < -0.3 is 19.5 Å². The summed E-state index contributed by atoms with van der Waals surface area (Å²) in [7, 11) is 3.91. The maximum atomic E-state index is 13.0. The van der Waals surface area contributed by atoms with Crippen LogP contribution in [0.4, 0.5) is 11.4 Å². The van der Waals surface area contributed by atoms with Crippen LogP contribution in [0.25, 0.3) is 0 Å². The summed E-state index contributed by atoms with van der Waals surface area (Å²) in [4.78, 5) is 29.3. The number of alkyl halides is 1. The minimum atomic E-state index is -0.680. The highest BCUT2D eigenvalue weighted by Gasteiger charge is 2.27. The van der Waals surface area contributed by atoms with Crippen LogP contribution < -0.4 is 10.2 Å². The molecule has 6 nitrogen and oxygen atoms in total. The molecule has 0 saturated heterocycles. The molecule has 1 heterocycles. The van der Waals surface area contributed by atoms with Crippen LogP contribution >= 0.6 is 11.6 Å². The van der Waals surface area contributed by atoms with Crippen molar-refractivity contribution < 1.29 is 14.0 Å². The topological polar surface area (TPSA) is 65.8 Å². The average Bonchev–Trinajstić information content (AvgIpc) is 3.21. The number of carbonyl (C=O) groups excluding carboxylic acids is 2. The highest BCUT2D eigenvalue weighted by molar-refractivity contribution is 6.20. The van der Waals surface area contributed by atoms with Crippen LogP contribution in [0, 0.1) is 11.3 Å². The van der Waals surface area contributed by atoms with E-state index >= 15 is 0 Å². The van der Waals surface area contributed by atoms with Gasteiger partial charge in [-0.05, 0) is 55.7 Å². The molecule has 164 valence electrons. The summed E-state index contributed by atoms with van der Waals surface area (Å²) >= 11 is 5.93. The molecule has 0 radical (unpaired) electrons. The summed E-state index contributed by atoms with van der Waals surface area (Å²) in [6.45, 7) is 8.73. The van der Waals surface area contributed by atoms with Crippen LogP contribution in [0.1, 0.15) is 43.8 Å². The first-order valence-corrected chi connectivity index (χ1v) is 10.6. The van der Waals surface area contributed by atoms with Gasteiger partial charge in [0.05, 0.1) is 11.7 Å². The highest BCUT2D eigenvalue weighted by atomic mass is 35.5. The van der Waals surface area contributed by atoms with E-state index in [9.17, 15) is 9.59 Å². The molecule has 0 unspecified atom stereocenters. The fourth-order valence-corrected chi connectivity index (χ4v) is 3.13. The lowest BCUT2D eigenvalue weighted by molar-refractivity contribution is -0.122. The first-order valence-electron chi connectivity index (χ1n) is 10.1. The summed E-state index contributed by atoms with van der Waals surface area (Å²) in [5.74, 6) is 0.527. The maximum absolute atomic E-state index is 13.0. The van der Waals surface area contributed by atoms with Crippen molar-refractivity contribution in [3.05, 3.63) is 47.9 Å². The van der Waals surface area contributed by atoms with Crippen molar-refractivity contribution in [1.82, 2.24) is 4.90 Å². The zero-order valence-corrected chi connectivity index (χ0v) is 19.4. The van der Waals surface area contributed by atoms with Crippen molar-refractivity contribution in [2.24, 2.45) is 11.3 Å². The summed E-state index contributed by atoms with van der Waals surface area (Å²) in [6.07, 6.45) is 1.50. The molecule has 0 saturated carbocycles. The molecule has 0 aliphatic carbocycles. The van der Waals surface area contributed by atoms with E-state index in [-0.39, 0.29) is 17.7 Å². The van der Waals surface area contributed by atoms with Gasteiger partial charge in [-0.3, -0.25) is 9.59 Å². The van der Waals surface area contributed by atoms with Crippen LogP contribution in [-0.2, 0) is 11.3 Å². The summed E-state index contributed by atoms with van der Waals surface area (Å²) in [5.41, 5.74) is 1.90. The van der Waals surface area contributed by atoms with Crippen LogP contribution in [0.2, 0.25) is 0 Å². The third kappa shape index (κ3) is 6.02. The minimum Gasteiger partial charge on any atom is -0.459 e. The third-order valence-corrected chi connectivity index (χ3v) is 5.40. The molecule has 0 aliphatic heterocycles. The van der Waals surface area contributed by atoms with Crippen molar-refractivity contribution in [1.29, 1.82) is 0 Å². The molecule has 1 aromatic heterocycles. The quantitative estimate of drug-likeness (QED) is 0.574. The van der Waals surface area contributed by atoms with Gasteiger partial charge in [0.15, 0.2) is 5.76 Å². The largest absolute Gasteiger partial charge is 0.459 e. The number of halogens is 1. The smallest absolute Gasteiger partial charge is 0.289 e. The first kappa shape index (κ1) is 23.8. The van der Waals surface area contributed by atoms with E-state index in [4.69, 9.17) is 16.0 Å². The highest BCUT2D eigenvalue weighted by Crippen LogP contribution is 2.27. The van der Waals surface area contributed by atoms with E-state index in [1.54, 1.807) is 30.9 Å². The molecular weight excluding hydrogens is 402 g/mol. The molecule has 0 atom stereocenters. The van der Waals surface area contributed by atoms with Crippen molar-refractivity contribution in [2.75, 3.05) is 36.7 Å². The lowest BCUT2D eigenvalue weighted by atomic mass is 9.95. The summed E-state index contributed by atoms with van der Waals surface area (Å²) in [6, 6.07) is 9.11. The molecule has 1 N–H and O–H groups in total. The minimum absolute atomic E-state index is 0.147. The molecule has 7 heteroatoms. The van der Waals surface area contributed by atoms with Crippen molar-refractivity contribution in [2.45, 2.75) is 34.2 Å². The maximum Gasteiger partial charge on any atom is 0.289 e. The fraction of sp³-hybridized carbons (Fsp3) is 0.478. The molecule has 0 aliphatic rings. The van der Waals surface area contributed by atoms with E-state index in [0.717, 1.165) is 11.3 Å². The number of anilines is 2. The number of hydrogen-bond acceptors (Lipinski definition) is 4. The number of furan rings is 1. The van der Waals surface area contributed by atoms with Gasteiger partial charge in [-0.2, -0.15) is 0 Å². The Hall–Kier alpha value is -2.47. The number of nitrogens with zero attached hydrogens (tertiary/aromatic N) is 2. The molecule has 30 heavy (non-hydrogen) atoms. The fourth-order valence-electron chi connectivity index (χ4n) is 3.01. The van der Waals surface area contributed by atoms with Gasteiger partial charge in [-0.1, -0.05) is 13.8 Å².